The van der Waals surface area contributed by atoms with Crippen LogP contribution < -0.4 is 5.32 Å². The lowest BCUT2D eigenvalue weighted by Crippen LogP contribution is -2.14. The largest absolute Gasteiger partial charge is 0.379 e. The number of hydrogen-bond acceptors (Lipinski definition) is 4. The van der Waals surface area contributed by atoms with Crippen LogP contribution >= 0.6 is 11.8 Å². The third-order valence-corrected chi connectivity index (χ3v) is 4.84. The minimum atomic E-state index is -0.0264. The fraction of sp³-hybridized carbons (Fsp3) is 0.444. The molecule has 1 N–H and O–H groups in total. The van der Waals surface area contributed by atoms with Gasteiger partial charge in [0, 0.05) is 22.9 Å². The molecular weight excluding hydrogens is 322 g/mol. The van der Waals surface area contributed by atoms with E-state index in [-0.39, 0.29) is 11.9 Å². The van der Waals surface area contributed by atoms with E-state index in [0.717, 1.165) is 24.3 Å². The first-order chi connectivity index (χ1) is 11.6. The molecule has 1 aromatic carbocycles. The van der Waals surface area contributed by atoms with E-state index in [1.807, 2.05) is 34.8 Å². The van der Waals surface area contributed by atoms with Gasteiger partial charge in [0.25, 0.3) is 0 Å². The topological polar surface area (TPSA) is 56.2 Å². The molecule has 24 heavy (non-hydrogen) atoms. The molecule has 1 fully saturated rings. The zero-order valence-electron chi connectivity index (χ0n) is 14.1. The molecule has 1 atom stereocenters. The minimum absolute atomic E-state index is 0.0264. The number of anilines is 1. The van der Waals surface area contributed by atoms with Gasteiger partial charge in [-0.15, -0.1) is 11.8 Å². The molecule has 1 saturated heterocycles. The highest BCUT2D eigenvalue weighted by Crippen LogP contribution is 2.23. The van der Waals surface area contributed by atoms with E-state index >= 15 is 0 Å². The van der Waals surface area contributed by atoms with Gasteiger partial charge in [-0.25, -0.2) is 0 Å². The summed E-state index contributed by atoms with van der Waals surface area (Å²) in [6.45, 7) is 5.81. The van der Waals surface area contributed by atoms with Gasteiger partial charge in [-0.05, 0) is 24.1 Å². The standard InChI is InChI=1S/C18H23N3O2S/c1-13(2)24-17-5-3-14(4-6-17)9-18(22)20-15-10-19-21(11-15)16-7-8-23-12-16/h3-6,10-11,13,16H,7-9,12H2,1-2H3,(H,20,22)/t16-/m1/s1. The number of rotatable bonds is 6. The van der Waals surface area contributed by atoms with Gasteiger partial charge in [0.2, 0.25) is 5.91 Å². The number of ether oxygens (including phenoxy) is 1. The third-order valence-electron chi connectivity index (χ3n) is 3.82. The zero-order valence-corrected chi connectivity index (χ0v) is 14.9. The molecule has 1 amide bonds. The molecule has 0 saturated carbocycles. The molecule has 0 radical (unpaired) electrons. The quantitative estimate of drug-likeness (QED) is 0.814. The van der Waals surface area contributed by atoms with E-state index in [1.165, 1.54) is 4.90 Å². The van der Waals surface area contributed by atoms with Crippen LogP contribution in [0.25, 0.3) is 0 Å². The molecule has 1 aliphatic rings. The van der Waals surface area contributed by atoms with Gasteiger partial charge in [0.1, 0.15) is 0 Å². The van der Waals surface area contributed by atoms with Crippen molar-refractivity contribution in [3.8, 4) is 0 Å². The number of hydrogen-bond donors (Lipinski definition) is 1. The van der Waals surface area contributed by atoms with Gasteiger partial charge >= 0.3 is 0 Å². The second-order valence-electron chi connectivity index (χ2n) is 6.26. The van der Waals surface area contributed by atoms with E-state index in [4.69, 9.17) is 4.74 Å². The molecule has 6 heteroatoms. The van der Waals surface area contributed by atoms with Crippen molar-refractivity contribution in [1.82, 2.24) is 9.78 Å². The van der Waals surface area contributed by atoms with Gasteiger partial charge in [-0.1, -0.05) is 26.0 Å². The van der Waals surface area contributed by atoms with Gasteiger partial charge in [0.15, 0.2) is 0 Å². The number of aromatic nitrogens is 2. The third kappa shape index (κ3) is 4.61. The summed E-state index contributed by atoms with van der Waals surface area (Å²) < 4.78 is 7.24. The highest BCUT2D eigenvalue weighted by atomic mass is 32.2. The summed E-state index contributed by atoms with van der Waals surface area (Å²) in [6, 6.07) is 8.46. The number of nitrogens with zero attached hydrogens (tertiary/aromatic N) is 2. The Hall–Kier alpha value is -1.79. The molecule has 0 aliphatic carbocycles. The number of amides is 1. The zero-order chi connectivity index (χ0) is 16.9. The summed E-state index contributed by atoms with van der Waals surface area (Å²) in [5.41, 5.74) is 1.75. The lowest BCUT2D eigenvalue weighted by Gasteiger charge is -2.07. The number of carbonyl (C=O) groups is 1. The highest BCUT2D eigenvalue weighted by molar-refractivity contribution is 7.99. The Balaban J connectivity index is 1.53. The van der Waals surface area contributed by atoms with Gasteiger partial charge in [-0.3, -0.25) is 9.48 Å². The van der Waals surface area contributed by atoms with E-state index < -0.39 is 0 Å². The van der Waals surface area contributed by atoms with Crippen molar-refractivity contribution in [2.75, 3.05) is 18.5 Å². The molecular formula is C18H23N3O2S. The summed E-state index contributed by atoms with van der Waals surface area (Å²) in [5.74, 6) is -0.0264. The predicted molar refractivity (Wildman–Crippen MR) is 96.5 cm³/mol. The summed E-state index contributed by atoms with van der Waals surface area (Å²) in [5, 5.41) is 7.79. The second-order valence-corrected chi connectivity index (χ2v) is 7.91. The van der Waals surface area contributed by atoms with Crippen LogP contribution in [0.4, 0.5) is 5.69 Å². The van der Waals surface area contributed by atoms with Crippen LogP contribution in [0.15, 0.2) is 41.6 Å². The lowest BCUT2D eigenvalue weighted by molar-refractivity contribution is -0.115. The summed E-state index contributed by atoms with van der Waals surface area (Å²) in [6.07, 6.45) is 4.90. The molecule has 0 unspecified atom stereocenters. The molecule has 5 nitrogen and oxygen atoms in total. The Morgan fingerprint density at radius 1 is 1.42 bits per heavy atom. The Bertz CT molecular complexity index is 676. The average molecular weight is 345 g/mol. The minimum Gasteiger partial charge on any atom is -0.379 e. The maximum atomic E-state index is 12.2. The summed E-state index contributed by atoms with van der Waals surface area (Å²) in [4.78, 5) is 13.4. The smallest absolute Gasteiger partial charge is 0.228 e. The normalized spacial score (nSPS) is 17.4. The van der Waals surface area contributed by atoms with E-state index in [9.17, 15) is 4.79 Å². The molecule has 1 aliphatic heterocycles. The first kappa shape index (κ1) is 17.0. The Morgan fingerprint density at radius 3 is 2.88 bits per heavy atom. The fourth-order valence-corrected chi connectivity index (χ4v) is 3.52. The van der Waals surface area contributed by atoms with Gasteiger partial charge < -0.3 is 10.1 Å². The Labute approximate surface area is 146 Å². The van der Waals surface area contributed by atoms with Crippen LogP contribution in [-0.2, 0) is 16.0 Å². The van der Waals surface area contributed by atoms with Crippen molar-refractivity contribution in [3.63, 3.8) is 0 Å². The summed E-state index contributed by atoms with van der Waals surface area (Å²) in [7, 11) is 0. The van der Waals surface area contributed by atoms with Crippen molar-refractivity contribution in [2.45, 2.75) is 42.9 Å². The first-order valence-electron chi connectivity index (χ1n) is 8.27. The van der Waals surface area contributed by atoms with Crippen molar-refractivity contribution in [1.29, 1.82) is 0 Å². The van der Waals surface area contributed by atoms with Gasteiger partial charge in [0.05, 0.1) is 31.0 Å². The van der Waals surface area contributed by atoms with Crippen molar-refractivity contribution in [2.24, 2.45) is 0 Å². The predicted octanol–water partition coefficient (Wildman–Crippen LogP) is 3.53. The van der Waals surface area contributed by atoms with Crippen LogP contribution in [0.1, 0.15) is 31.9 Å². The van der Waals surface area contributed by atoms with Crippen molar-refractivity contribution < 1.29 is 9.53 Å². The SMILES string of the molecule is CC(C)Sc1ccc(CC(=O)Nc2cnn([C@@H]3CCOC3)c2)cc1. The molecule has 0 bridgehead atoms. The summed E-state index contributed by atoms with van der Waals surface area (Å²) >= 11 is 1.82. The molecule has 2 aromatic rings. The first-order valence-corrected chi connectivity index (χ1v) is 9.15. The average Bonchev–Trinajstić information content (AvgIpc) is 3.19. The van der Waals surface area contributed by atoms with Crippen LogP contribution in [0.3, 0.4) is 0 Å². The maximum absolute atomic E-state index is 12.2. The number of nitrogens with one attached hydrogen (secondary N) is 1. The van der Waals surface area contributed by atoms with Crippen LogP contribution in [0, 0.1) is 0 Å². The Morgan fingerprint density at radius 2 is 2.21 bits per heavy atom. The highest BCUT2D eigenvalue weighted by Gasteiger charge is 2.18. The number of carbonyl (C=O) groups excluding carboxylic acids is 1. The van der Waals surface area contributed by atoms with Crippen LogP contribution in [0.5, 0.6) is 0 Å². The number of benzene rings is 1. The van der Waals surface area contributed by atoms with Crippen LogP contribution in [0.2, 0.25) is 0 Å². The van der Waals surface area contributed by atoms with Gasteiger partial charge in [-0.2, -0.15) is 5.10 Å². The fourth-order valence-electron chi connectivity index (χ4n) is 2.68. The molecule has 1 aromatic heterocycles. The molecule has 2 heterocycles. The van der Waals surface area contributed by atoms with E-state index in [0.29, 0.717) is 18.3 Å². The lowest BCUT2D eigenvalue weighted by atomic mass is 10.1. The maximum Gasteiger partial charge on any atom is 0.228 e. The van der Waals surface area contributed by atoms with E-state index in [1.54, 1.807) is 6.20 Å². The number of thioether (sulfide) groups is 1. The monoisotopic (exact) mass is 345 g/mol. The van der Waals surface area contributed by atoms with Crippen molar-refractivity contribution >= 4 is 23.4 Å². The molecule has 0 spiro atoms. The molecule has 3 rings (SSSR count). The van der Waals surface area contributed by atoms with Crippen molar-refractivity contribution in [3.05, 3.63) is 42.2 Å². The van der Waals surface area contributed by atoms with E-state index in [2.05, 4.69) is 36.4 Å². The molecule has 128 valence electrons. The Kier molecular flexibility index (Phi) is 5.58. The van der Waals surface area contributed by atoms with Crippen LogP contribution in [-0.4, -0.2) is 34.2 Å². The second kappa shape index (κ2) is 7.85.